The first kappa shape index (κ1) is 81.0. The van der Waals surface area contributed by atoms with Gasteiger partial charge in [0.2, 0.25) is 0 Å². The first-order valence-corrected chi connectivity index (χ1v) is 42.2. The summed E-state index contributed by atoms with van der Waals surface area (Å²) < 4.78 is 23.0. The zero-order chi connectivity index (χ0) is 87.5. The molecule has 0 aliphatic carbocycles. The molecule has 0 aliphatic rings. The second-order valence-corrected chi connectivity index (χ2v) is 31.1. The highest BCUT2D eigenvalue weighted by molar-refractivity contribution is 6.26. The van der Waals surface area contributed by atoms with Crippen LogP contribution < -0.4 is 18.9 Å². The maximum absolute atomic E-state index is 10.5. The number of nitrogens with zero attached hydrogens (tertiary/aromatic N) is 12. The van der Waals surface area contributed by atoms with Crippen LogP contribution in [0, 0.1) is 0 Å². The summed E-state index contributed by atoms with van der Waals surface area (Å²) in [6.45, 7) is 12.3. The van der Waals surface area contributed by atoms with Crippen molar-refractivity contribution in [1.29, 1.82) is 0 Å². The van der Waals surface area contributed by atoms with Crippen LogP contribution in [0.4, 0.5) is 0 Å². The summed E-state index contributed by atoms with van der Waals surface area (Å²) >= 11 is 0. The van der Waals surface area contributed by atoms with Gasteiger partial charge < -0.3 is 39.4 Å². The lowest BCUT2D eigenvalue weighted by Gasteiger charge is -2.14. The van der Waals surface area contributed by atoms with Gasteiger partial charge in [-0.1, -0.05) is 243 Å². The van der Waals surface area contributed by atoms with Crippen molar-refractivity contribution in [3.63, 3.8) is 0 Å². The van der Waals surface area contributed by atoms with Gasteiger partial charge in [0.15, 0.2) is 46.6 Å². The van der Waals surface area contributed by atoms with E-state index in [1.807, 2.05) is 120 Å². The predicted octanol–water partition coefficient (Wildman–Crippen LogP) is 25.0. The van der Waals surface area contributed by atoms with E-state index in [-0.39, 0.29) is 59.2 Å². The number of hydrogen-bond donors (Lipinski definition) is 4. The molecule has 0 amide bonds. The smallest absolute Gasteiger partial charge is 0.320 e. The minimum absolute atomic E-state index is 0.0876. The second-order valence-electron chi connectivity index (χ2n) is 31.1. The number of para-hydroxylation sites is 4. The predicted molar refractivity (Wildman–Crippen MR) is 510 cm³/mol. The molecular formula is C108H82N12O8. The summed E-state index contributed by atoms with van der Waals surface area (Å²) in [4.78, 5) is 55.2. The number of rotatable bonds is 16. The van der Waals surface area contributed by atoms with Crippen molar-refractivity contribution in [1.82, 2.24) is 59.8 Å². The molecule has 22 aromatic rings. The van der Waals surface area contributed by atoms with E-state index in [0.29, 0.717) is 82.1 Å². The molecule has 0 fully saturated rings. The minimum Gasteiger partial charge on any atom is -0.507 e. The fourth-order valence-corrected chi connectivity index (χ4v) is 16.3. The fourth-order valence-electron chi connectivity index (χ4n) is 16.3. The van der Waals surface area contributed by atoms with Crippen LogP contribution in [-0.2, 0) is 0 Å². The van der Waals surface area contributed by atoms with Gasteiger partial charge in [0, 0.05) is 22.3 Å². The fraction of sp³-hybridized carbons (Fsp3) is 0.0926. The van der Waals surface area contributed by atoms with E-state index in [2.05, 4.69) is 216 Å². The number of benzene rings is 18. The van der Waals surface area contributed by atoms with E-state index in [0.717, 1.165) is 70.7 Å². The van der Waals surface area contributed by atoms with Crippen LogP contribution in [-0.4, -0.2) is 106 Å². The van der Waals surface area contributed by atoms with Gasteiger partial charge in [-0.05, 0) is 234 Å². The Labute approximate surface area is 735 Å². The third-order valence-electron chi connectivity index (χ3n) is 22.0. The first-order valence-electron chi connectivity index (χ1n) is 42.2. The standard InChI is InChI=1S/C30H23N3O2.C27H19N3O2.C26H21N3O2.C25H19N3O2/c1-18(2)35-30-32-28(24-13-7-8-14-27(24)34)31-29(33-30)26-17-25-20-10-4-3-9-19(20)15-16-23(25)21-11-5-6-12-22(21)26;1-2-32-27-29-25(28-26(30-27)21-8-3-4-9-22(21)31)20-15-13-18-11-10-16-6-5-7-17-12-14-19(20)24(18)23(16)17;1-16(2)31-26-28-24(27-25(29-26)22-9-5-6-10-23(22)30)20-12-11-19-13-17-7-3-4-8-18(17)14-21(19)15-20;1-2-30-25-27-23(20-13-7-8-14-22(20)29)26-24(28-25)21-15-16-9-3-4-10-17(16)18-11-5-6-12-19(18)21/h3-18,34H,1-2H3;3-15,31H,2H2,1H3;3-16,30H,1-2H3;3-15,29H,2H2,1H3. The summed E-state index contributed by atoms with van der Waals surface area (Å²) in [5.41, 5.74) is 5.67. The molecule has 0 saturated carbocycles. The van der Waals surface area contributed by atoms with E-state index < -0.39 is 0 Å². The van der Waals surface area contributed by atoms with Crippen LogP contribution in [0.25, 0.3) is 199 Å². The quantitative estimate of drug-likeness (QED) is 0.0517. The Bertz CT molecular complexity index is 7980. The average Bonchev–Trinajstić information content (AvgIpc) is 0.743. The lowest BCUT2D eigenvalue weighted by Crippen LogP contribution is -2.10. The molecule has 0 saturated heterocycles. The average molecular weight is 1680 g/mol. The van der Waals surface area contributed by atoms with Crippen LogP contribution in [0.15, 0.2) is 328 Å². The highest BCUT2D eigenvalue weighted by Crippen LogP contribution is 2.44. The van der Waals surface area contributed by atoms with Crippen molar-refractivity contribution in [3.8, 4) is 138 Å². The van der Waals surface area contributed by atoms with Gasteiger partial charge in [0.1, 0.15) is 23.0 Å². The zero-order valence-electron chi connectivity index (χ0n) is 70.5. The summed E-state index contributed by atoms with van der Waals surface area (Å²) in [7, 11) is 0. The maximum Gasteiger partial charge on any atom is 0.320 e. The Morgan fingerprint density at radius 2 is 0.531 bits per heavy atom. The number of fused-ring (bicyclic) bond motifs is 10. The largest absolute Gasteiger partial charge is 0.507 e. The normalized spacial score (nSPS) is 11.4. The monoisotopic (exact) mass is 1670 g/mol. The molecule has 4 heterocycles. The van der Waals surface area contributed by atoms with Crippen LogP contribution in [0.1, 0.15) is 41.5 Å². The number of ether oxygens (including phenoxy) is 4. The minimum atomic E-state index is -0.111. The molecule has 0 unspecified atom stereocenters. The maximum atomic E-state index is 10.5. The highest BCUT2D eigenvalue weighted by atomic mass is 16.5. The van der Waals surface area contributed by atoms with E-state index in [4.69, 9.17) is 38.9 Å². The SMILES string of the molecule is CC(C)Oc1nc(-c2ccc3cc4ccccc4cc3c2)nc(-c2ccccc2O)n1.CC(C)Oc1nc(-c2ccccc2O)nc(-c2cc3c4ccccc4ccc3c3ccccc23)n1.CCOc1nc(-c2ccccc2O)nc(-c2cc3ccccc3c3ccccc23)n1.CCOc1nc(-c2ccccc2O)nc(-c2ccc3ccc4cccc5ccc2c3c45)n1. The van der Waals surface area contributed by atoms with Crippen molar-refractivity contribution in [2.75, 3.05) is 13.2 Å². The molecule has 20 heteroatoms. The molecule has 0 radical (unpaired) electrons. The lowest BCUT2D eigenvalue weighted by molar-refractivity contribution is 0.221. The molecule has 128 heavy (non-hydrogen) atoms. The molecule has 4 aromatic heterocycles. The number of aromatic hydroxyl groups is 4. The molecule has 18 aromatic carbocycles. The van der Waals surface area contributed by atoms with Crippen molar-refractivity contribution in [2.45, 2.75) is 53.8 Å². The van der Waals surface area contributed by atoms with Gasteiger partial charge in [0.25, 0.3) is 0 Å². The number of hydrogen-bond acceptors (Lipinski definition) is 20. The van der Waals surface area contributed by atoms with Gasteiger partial charge in [-0.2, -0.15) is 39.9 Å². The summed E-state index contributed by atoms with van der Waals surface area (Å²) in [5.74, 6) is 3.95. The summed E-state index contributed by atoms with van der Waals surface area (Å²) in [5, 5.41) is 64.5. The van der Waals surface area contributed by atoms with Crippen LogP contribution in [0.5, 0.6) is 47.0 Å². The van der Waals surface area contributed by atoms with Crippen LogP contribution >= 0.6 is 0 Å². The van der Waals surface area contributed by atoms with Crippen molar-refractivity contribution < 1.29 is 39.4 Å². The Hall–Kier alpha value is -16.7. The van der Waals surface area contributed by atoms with Crippen molar-refractivity contribution >= 4 is 108 Å². The molecule has 4 N–H and O–H groups in total. The Balaban J connectivity index is 0.000000111. The van der Waals surface area contributed by atoms with Crippen molar-refractivity contribution in [3.05, 3.63) is 328 Å². The van der Waals surface area contributed by atoms with Crippen LogP contribution in [0.3, 0.4) is 0 Å². The van der Waals surface area contributed by atoms with Gasteiger partial charge in [-0.25, -0.2) is 19.9 Å². The lowest BCUT2D eigenvalue weighted by atomic mass is 9.92. The number of phenols is 4. The van der Waals surface area contributed by atoms with E-state index in [1.165, 1.54) is 59.2 Å². The Morgan fingerprint density at radius 1 is 0.211 bits per heavy atom. The molecular weight excluding hydrogens is 1590 g/mol. The van der Waals surface area contributed by atoms with Crippen molar-refractivity contribution in [2.24, 2.45) is 0 Å². The van der Waals surface area contributed by atoms with Crippen LogP contribution in [0.2, 0.25) is 0 Å². The molecule has 22 rings (SSSR count). The molecule has 622 valence electrons. The molecule has 0 aliphatic heterocycles. The van der Waals surface area contributed by atoms with E-state index >= 15 is 0 Å². The first-order chi connectivity index (χ1) is 62.6. The summed E-state index contributed by atoms with van der Waals surface area (Å²) in [6.07, 6.45) is -0.199. The van der Waals surface area contributed by atoms with Gasteiger partial charge in [-0.15, -0.1) is 0 Å². The third kappa shape index (κ3) is 16.4. The molecule has 0 atom stereocenters. The van der Waals surface area contributed by atoms with Gasteiger partial charge in [0.05, 0.1) is 47.7 Å². The van der Waals surface area contributed by atoms with E-state index in [1.54, 1.807) is 72.8 Å². The molecule has 0 spiro atoms. The van der Waals surface area contributed by atoms with Gasteiger partial charge in [-0.3, -0.25) is 0 Å². The Kier molecular flexibility index (Phi) is 22.3. The third-order valence-corrected chi connectivity index (χ3v) is 22.0. The zero-order valence-corrected chi connectivity index (χ0v) is 70.5. The second kappa shape index (κ2) is 35.2. The molecule has 20 nitrogen and oxygen atoms in total. The topological polar surface area (TPSA) is 273 Å². The summed E-state index contributed by atoms with van der Waals surface area (Å²) in [6, 6.07) is 109. The van der Waals surface area contributed by atoms with Gasteiger partial charge >= 0.3 is 24.0 Å². The Morgan fingerprint density at radius 3 is 1.02 bits per heavy atom. The highest BCUT2D eigenvalue weighted by Gasteiger charge is 2.24. The molecule has 0 bridgehead atoms. The number of aromatic nitrogens is 12. The number of phenolic OH excluding ortho intramolecular Hbond substituents is 4. The van der Waals surface area contributed by atoms with E-state index in [9.17, 15) is 20.4 Å².